The molecule has 2 fully saturated rings. The van der Waals surface area contributed by atoms with Gasteiger partial charge in [-0.3, -0.25) is 9.59 Å². The summed E-state index contributed by atoms with van der Waals surface area (Å²) in [6, 6.07) is 0. The molecule has 0 aliphatic carbocycles. The Morgan fingerprint density at radius 1 is 1.25 bits per heavy atom. The molecule has 2 saturated heterocycles. The first kappa shape index (κ1) is 21.2. The average Bonchev–Trinajstić information content (AvgIpc) is 3.00. The van der Waals surface area contributed by atoms with E-state index in [1.165, 1.54) is 0 Å². The molecule has 2 amide bonds. The summed E-state index contributed by atoms with van der Waals surface area (Å²) < 4.78 is 5.72. The summed E-state index contributed by atoms with van der Waals surface area (Å²) in [6.07, 6.45) is 3.36. The molecule has 2 rings (SSSR count). The first-order valence-electron chi connectivity index (χ1n) is 8.74. The molecule has 0 spiro atoms. The van der Waals surface area contributed by atoms with Crippen LogP contribution < -0.4 is 11.1 Å². The molecular formula is C17H32ClN3O3. The highest BCUT2D eigenvalue weighted by Gasteiger charge is 2.35. The van der Waals surface area contributed by atoms with Crippen LogP contribution in [0.2, 0.25) is 0 Å². The van der Waals surface area contributed by atoms with Gasteiger partial charge in [0.05, 0.1) is 6.10 Å². The van der Waals surface area contributed by atoms with Crippen molar-refractivity contribution in [2.24, 2.45) is 17.1 Å². The summed E-state index contributed by atoms with van der Waals surface area (Å²) >= 11 is 0. The molecule has 0 saturated carbocycles. The Kier molecular flexibility index (Phi) is 7.96. The van der Waals surface area contributed by atoms with Gasteiger partial charge in [0.1, 0.15) is 6.10 Å². The summed E-state index contributed by atoms with van der Waals surface area (Å²) in [4.78, 5) is 26.5. The fourth-order valence-electron chi connectivity index (χ4n) is 3.20. The van der Waals surface area contributed by atoms with Crippen LogP contribution >= 0.6 is 12.4 Å². The third-order valence-electron chi connectivity index (χ3n) is 4.71. The van der Waals surface area contributed by atoms with E-state index in [1.54, 1.807) is 0 Å². The molecule has 0 aromatic carbocycles. The number of nitrogens with two attached hydrogens (primary N) is 1. The minimum absolute atomic E-state index is 0. The summed E-state index contributed by atoms with van der Waals surface area (Å²) in [5.74, 6) is 0.476. The molecule has 0 aromatic heterocycles. The van der Waals surface area contributed by atoms with Gasteiger partial charge in [0.25, 0.3) is 5.91 Å². The van der Waals surface area contributed by atoms with Crippen molar-refractivity contribution in [2.75, 3.05) is 26.2 Å². The first-order chi connectivity index (χ1) is 10.8. The number of nitrogens with one attached hydrogen (secondary N) is 1. The molecule has 3 atom stereocenters. The van der Waals surface area contributed by atoms with Crippen molar-refractivity contribution < 1.29 is 14.3 Å². The number of likely N-dealkylation sites (tertiary alicyclic amines) is 1. The highest BCUT2D eigenvalue weighted by molar-refractivity contribution is 5.85. The Balaban J connectivity index is 0.00000288. The quantitative estimate of drug-likeness (QED) is 0.790. The van der Waals surface area contributed by atoms with Gasteiger partial charge >= 0.3 is 0 Å². The van der Waals surface area contributed by atoms with E-state index in [4.69, 9.17) is 10.5 Å². The van der Waals surface area contributed by atoms with E-state index in [-0.39, 0.29) is 41.8 Å². The normalized spacial score (nSPS) is 27.5. The van der Waals surface area contributed by atoms with Crippen LogP contribution in [0.15, 0.2) is 0 Å². The molecule has 140 valence electrons. The smallest absolute Gasteiger partial charge is 0.251 e. The summed E-state index contributed by atoms with van der Waals surface area (Å²) in [5, 5.41) is 3.01. The molecule has 2 aliphatic heterocycles. The first-order valence-corrected chi connectivity index (χ1v) is 8.74. The zero-order chi connectivity index (χ0) is 17.0. The van der Waals surface area contributed by atoms with Crippen molar-refractivity contribution in [3.8, 4) is 0 Å². The van der Waals surface area contributed by atoms with E-state index < -0.39 is 0 Å². The lowest BCUT2D eigenvalue weighted by molar-refractivity contribution is -0.144. The maximum Gasteiger partial charge on any atom is 0.251 e. The lowest BCUT2D eigenvalue weighted by Crippen LogP contribution is -2.48. The van der Waals surface area contributed by atoms with Crippen molar-refractivity contribution in [3.05, 3.63) is 0 Å². The Hall–Kier alpha value is -0.850. The van der Waals surface area contributed by atoms with Crippen LogP contribution in [0.3, 0.4) is 0 Å². The summed E-state index contributed by atoms with van der Waals surface area (Å²) in [7, 11) is 0. The average molecular weight is 362 g/mol. The van der Waals surface area contributed by atoms with E-state index in [2.05, 4.69) is 5.32 Å². The third-order valence-corrected chi connectivity index (χ3v) is 4.71. The monoisotopic (exact) mass is 361 g/mol. The number of piperidine rings is 1. The Morgan fingerprint density at radius 3 is 2.54 bits per heavy atom. The molecule has 3 N–H and O–H groups in total. The fraction of sp³-hybridized carbons (Fsp3) is 0.882. The second kappa shape index (κ2) is 9.02. The molecule has 0 aromatic rings. The minimum Gasteiger partial charge on any atom is -0.364 e. The molecule has 7 heteroatoms. The Morgan fingerprint density at radius 2 is 1.96 bits per heavy atom. The lowest BCUT2D eigenvalue weighted by atomic mass is 9.94. The molecule has 6 nitrogen and oxygen atoms in total. The minimum atomic E-state index is -0.376. The summed E-state index contributed by atoms with van der Waals surface area (Å²) in [5.41, 5.74) is 5.23. The number of nitrogens with zero attached hydrogens (tertiary/aromatic N) is 1. The van der Waals surface area contributed by atoms with Crippen LogP contribution in [0, 0.1) is 11.3 Å². The van der Waals surface area contributed by atoms with Gasteiger partial charge in [0.15, 0.2) is 0 Å². The lowest BCUT2D eigenvalue weighted by Gasteiger charge is -2.34. The van der Waals surface area contributed by atoms with E-state index in [0.717, 1.165) is 32.2 Å². The van der Waals surface area contributed by atoms with E-state index in [9.17, 15) is 9.59 Å². The fourth-order valence-corrected chi connectivity index (χ4v) is 3.20. The largest absolute Gasteiger partial charge is 0.364 e. The number of amides is 2. The van der Waals surface area contributed by atoms with Gasteiger partial charge < -0.3 is 20.7 Å². The van der Waals surface area contributed by atoms with Gasteiger partial charge in [0.2, 0.25) is 5.91 Å². The Bertz CT molecular complexity index is 439. The molecule has 2 aliphatic rings. The second-order valence-corrected chi connectivity index (χ2v) is 7.81. The van der Waals surface area contributed by atoms with E-state index in [1.807, 2.05) is 25.7 Å². The number of hydrogen-bond donors (Lipinski definition) is 2. The van der Waals surface area contributed by atoms with Crippen molar-refractivity contribution in [2.45, 2.75) is 58.7 Å². The number of carbonyl (C=O) groups excluding carboxylic acids is 2. The predicted molar refractivity (Wildman–Crippen MR) is 96.0 cm³/mol. The van der Waals surface area contributed by atoms with Crippen LogP contribution in [-0.4, -0.2) is 55.1 Å². The van der Waals surface area contributed by atoms with Crippen LogP contribution in [-0.2, 0) is 14.3 Å². The van der Waals surface area contributed by atoms with Crippen LogP contribution in [0.4, 0.5) is 0 Å². The van der Waals surface area contributed by atoms with Crippen LogP contribution in [0.25, 0.3) is 0 Å². The van der Waals surface area contributed by atoms with Crippen molar-refractivity contribution in [1.29, 1.82) is 0 Å². The van der Waals surface area contributed by atoms with Crippen molar-refractivity contribution in [1.82, 2.24) is 10.2 Å². The molecule has 0 radical (unpaired) electrons. The van der Waals surface area contributed by atoms with E-state index >= 15 is 0 Å². The van der Waals surface area contributed by atoms with Gasteiger partial charge in [-0.2, -0.15) is 0 Å². The molecule has 2 heterocycles. The van der Waals surface area contributed by atoms with Crippen LogP contribution in [0.5, 0.6) is 0 Å². The van der Waals surface area contributed by atoms with Gasteiger partial charge in [-0.1, -0.05) is 20.8 Å². The zero-order valence-electron chi connectivity index (χ0n) is 15.0. The SMILES string of the molecule is CC(C)(C)C(=O)NCC1CCCN(C(=O)[C@@H]2CC[C@H](CN)O2)C1.Cl. The molecule has 24 heavy (non-hydrogen) atoms. The molecule has 1 unspecified atom stereocenters. The number of hydrogen-bond acceptors (Lipinski definition) is 4. The Labute approximate surface area is 151 Å². The van der Waals surface area contributed by atoms with Gasteiger partial charge in [-0.15, -0.1) is 12.4 Å². The topological polar surface area (TPSA) is 84.7 Å². The number of ether oxygens (including phenoxy) is 1. The summed E-state index contributed by atoms with van der Waals surface area (Å²) in [6.45, 7) is 8.33. The van der Waals surface area contributed by atoms with E-state index in [0.29, 0.717) is 25.6 Å². The van der Waals surface area contributed by atoms with Crippen molar-refractivity contribution >= 4 is 24.2 Å². The third kappa shape index (κ3) is 5.60. The van der Waals surface area contributed by atoms with Gasteiger partial charge in [-0.25, -0.2) is 0 Å². The second-order valence-electron chi connectivity index (χ2n) is 7.81. The molecular weight excluding hydrogens is 330 g/mol. The number of carbonyl (C=O) groups is 2. The van der Waals surface area contributed by atoms with Crippen LogP contribution in [0.1, 0.15) is 46.5 Å². The van der Waals surface area contributed by atoms with Crippen molar-refractivity contribution in [3.63, 3.8) is 0 Å². The highest BCUT2D eigenvalue weighted by Crippen LogP contribution is 2.24. The number of rotatable bonds is 4. The number of halogens is 1. The molecule has 0 bridgehead atoms. The maximum absolute atomic E-state index is 12.6. The zero-order valence-corrected chi connectivity index (χ0v) is 15.9. The maximum atomic E-state index is 12.6. The highest BCUT2D eigenvalue weighted by atomic mass is 35.5. The predicted octanol–water partition coefficient (Wildman–Crippen LogP) is 1.32. The van der Waals surface area contributed by atoms with Gasteiger partial charge in [0, 0.05) is 31.6 Å². The van der Waals surface area contributed by atoms with Gasteiger partial charge in [-0.05, 0) is 31.6 Å². The standard InChI is InChI=1S/C17H31N3O3.ClH/c1-17(2,3)16(22)19-10-12-5-4-8-20(11-12)15(21)14-7-6-13(9-18)23-14;/h12-14H,4-11,18H2,1-3H3,(H,19,22);1H/t12?,13-,14+;/m1./s1.